The van der Waals surface area contributed by atoms with Crippen molar-refractivity contribution in [1.82, 2.24) is 0 Å². The zero-order chi connectivity index (χ0) is 15.2. The van der Waals surface area contributed by atoms with Crippen LogP contribution in [0.3, 0.4) is 0 Å². The fourth-order valence-corrected chi connectivity index (χ4v) is 9.62. The molecule has 0 spiro atoms. The van der Waals surface area contributed by atoms with Crippen LogP contribution >= 0.6 is 0 Å². The molecule has 8 unspecified atom stereocenters. The molecule has 0 heteroatoms. The van der Waals surface area contributed by atoms with Crippen LogP contribution in [-0.4, -0.2) is 0 Å². The van der Waals surface area contributed by atoms with Crippen molar-refractivity contribution < 1.29 is 0 Å². The Morgan fingerprint density at radius 1 is 0.364 bits per heavy atom. The van der Waals surface area contributed by atoms with Crippen molar-refractivity contribution in [2.75, 3.05) is 0 Å². The molecule has 0 N–H and O–H groups in total. The molecule has 5 saturated carbocycles. The lowest BCUT2D eigenvalue weighted by molar-refractivity contribution is 0.116. The minimum atomic E-state index is 1.03. The van der Waals surface area contributed by atoms with Crippen LogP contribution in [-0.2, 0) is 0 Å². The quantitative estimate of drug-likeness (QED) is 0.525. The monoisotopic (exact) mass is 300 g/mol. The zero-order valence-corrected chi connectivity index (χ0v) is 15.2. The van der Waals surface area contributed by atoms with Gasteiger partial charge in [-0.15, -0.1) is 0 Å². The SMILES string of the molecule is CC1CC2CC3CC(C)C4C(C)CC(CC5CC(C)C1C25)C34. The highest BCUT2D eigenvalue weighted by molar-refractivity contribution is 5.07. The van der Waals surface area contributed by atoms with Crippen LogP contribution in [0.15, 0.2) is 0 Å². The third-order valence-electron chi connectivity index (χ3n) is 9.60. The first-order chi connectivity index (χ1) is 10.5. The first-order valence-corrected chi connectivity index (χ1v) is 10.5. The van der Waals surface area contributed by atoms with Crippen LogP contribution < -0.4 is 0 Å². The van der Waals surface area contributed by atoms with Crippen LogP contribution in [0.25, 0.3) is 0 Å². The summed E-state index contributed by atoms with van der Waals surface area (Å²) >= 11 is 0. The smallest absolute Gasteiger partial charge is 0.0323 e. The Labute approximate surface area is 137 Å². The molecule has 5 fully saturated rings. The summed E-state index contributed by atoms with van der Waals surface area (Å²) in [5.41, 5.74) is 0. The van der Waals surface area contributed by atoms with Gasteiger partial charge in [0.05, 0.1) is 0 Å². The lowest BCUT2D eigenvalue weighted by Gasteiger charge is -2.37. The van der Waals surface area contributed by atoms with Crippen molar-refractivity contribution in [3.8, 4) is 0 Å². The molecule has 0 saturated heterocycles. The van der Waals surface area contributed by atoms with Crippen LogP contribution in [0.4, 0.5) is 0 Å². The van der Waals surface area contributed by atoms with E-state index in [0.717, 1.165) is 71.0 Å². The van der Waals surface area contributed by atoms with Crippen LogP contribution in [0.5, 0.6) is 0 Å². The Morgan fingerprint density at radius 2 is 0.636 bits per heavy atom. The molecule has 0 aromatic heterocycles. The molecule has 0 radical (unpaired) electrons. The summed E-state index contributed by atoms with van der Waals surface area (Å²) in [5.74, 6) is 13.0. The Balaban J connectivity index is 1.50. The summed E-state index contributed by atoms with van der Waals surface area (Å²) in [4.78, 5) is 0. The van der Waals surface area contributed by atoms with Crippen LogP contribution in [0.1, 0.15) is 66.2 Å². The first kappa shape index (κ1) is 14.4. The second-order valence-corrected chi connectivity index (χ2v) is 10.7. The maximum atomic E-state index is 2.59. The van der Waals surface area contributed by atoms with Gasteiger partial charge in [0, 0.05) is 0 Å². The molecule has 0 aromatic carbocycles. The molecule has 0 bridgehead atoms. The van der Waals surface area contributed by atoms with Gasteiger partial charge in [0.15, 0.2) is 0 Å². The average Bonchev–Trinajstić information content (AvgIpc) is 3.10. The largest absolute Gasteiger partial charge is 0.0622 e. The third kappa shape index (κ3) is 1.76. The second kappa shape index (κ2) is 4.76. The molecule has 5 rings (SSSR count). The fraction of sp³-hybridized carbons (Fsp3) is 1.00. The van der Waals surface area contributed by atoms with Crippen LogP contribution in [0, 0.1) is 71.0 Å². The number of hydrogen-bond donors (Lipinski definition) is 0. The minimum absolute atomic E-state index is 1.03. The molecule has 0 heterocycles. The van der Waals surface area contributed by atoms with Crippen molar-refractivity contribution in [3.05, 3.63) is 0 Å². The van der Waals surface area contributed by atoms with Gasteiger partial charge in [-0.05, 0) is 110 Å². The van der Waals surface area contributed by atoms with Crippen molar-refractivity contribution in [2.24, 2.45) is 71.0 Å². The molecular formula is C22H36. The normalized spacial score (nSPS) is 66.0. The highest BCUT2D eigenvalue weighted by Crippen LogP contribution is 2.66. The van der Waals surface area contributed by atoms with E-state index >= 15 is 0 Å². The third-order valence-corrected chi connectivity index (χ3v) is 9.60. The Morgan fingerprint density at radius 3 is 0.909 bits per heavy atom. The van der Waals surface area contributed by atoms with Gasteiger partial charge in [-0.25, -0.2) is 0 Å². The Kier molecular flexibility index (Phi) is 3.11. The summed E-state index contributed by atoms with van der Waals surface area (Å²) in [6, 6.07) is 0. The minimum Gasteiger partial charge on any atom is -0.0622 e. The lowest BCUT2D eigenvalue weighted by Crippen LogP contribution is -2.30. The molecule has 0 aromatic rings. The number of hydrogen-bond acceptors (Lipinski definition) is 0. The summed E-state index contributed by atoms with van der Waals surface area (Å²) in [5, 5.41) is 0. The van der Waals surface area contributed by atoms with Gasteiger partial charge in [-0.2, -0.15) is 0 Å². The molecule has 22 heavy (non-hydrogen) atoms. The van der Waals surface area contributed by atoms with E-state index in [9.17, 15) is 0 Å². The summed E-state index contributed by atoms with van der Waals surface area (Å²) in [6.07, 6.45) is 9.58. The van der Waals surface area contributed by atoms with E-state index in [0.29, 0.717) is 0 Å². The Bertz CT molecular complexity index is 375. The van der Waals surface area contributed by atoms with Gasteiger partial charge < -0.3 is 0 Å². The van der Waals surface area contributed by atoms with E-state index in [-0.39, 0.29) is 0 Å². The maximum absolute atomic E-state index is 2.59. The van der Waals surface area contributed by atoms with E-state index in [1.165, 1.54) is 0 Å². The fourth-order valence-electron chi connectivity index (χ4n) is 9.62. The predicted molar refractivity (Wildman–Crippen MR) is 92.3 cm³/mol. The number of rotatable bonds is 0. The predicted octanol–water partition coefficient (Wildman–Crippen LogP) is 5.87. The highest BCUT2D eigenvalue weighted by atomic mass is 14.6. The summed E-state index contributed by atoms with van der Waals surface area (Å²) in [6.45, 7) is 10.4. The molecule has 8 atom stereocenters. The lowest BCUT2D eigenvalue weighted by atomic mass is 9.68. The van der Waals surface area contributed by atoms with E-state index < -0.39 is 0 Å². The zero-order valence-electron chi connectivity index (χ0n) is 15.2. The van der Waals surface area contributed by atoms with Gasteiger partial charge in [-0.3, -0.25) is 0 Å². The highest BCUT2D eigenvalue weighted by Gasteiger charge is 2.59. The van der Waals surface area contributed by atoms with Gasteiger partial charge in [-0.1, -0.05) is 27.7 Å². The van der Waals surface area contributed by atoms with Crippen LogP contribution in [0.2, 0.25) is 0 Å². The van der Waals surface area contributed by atoms with E-state index in [1.54, 1.807) is 38.5 Å². The molecule has 5 aliphatic carbocycles. The standard InChI is InChI=1S/C22H36/c1-11-5-15-9-17-7-13(3)20-14(4)8-18(22(17)20)10-16-6-12(2)19(11)21(15)16/h11-22H,5-10H2,1-4H3. The Hall–Kier alpha value is 0. The maximum Gasteiger partial charge on any atom is -0.0323 e. The van der Waals surface area contributed by atoms with Gasteiger partial charge in [0.1, 0.15) is 0 Å². The average molecular weight is 301 g/mol. The van der Waals surface area contributed by atoms with Crippen molar-refractivity contribution in [1.29, 1.82) is 0 Å². The topological polar surface area (TPSA) is 0 Å². The molecule has 0 nitrogen and oxygen atoms in total. The van der Waals surface area contributed by atoms with E-state index in [4.69, 9.17) is 0 Å². The molecule has 0 amide bonds. The second-order valence-electron chi connectivity index (χ2n) is 10.7. The van der Waals surface area contributed by atoms with Crippen molar-refractivity contribution in [2.45, 2.75) is 66.2 Å². The van der Waals surface area contributed by atoms with E-state index in [1.807, 2.05) is 0 Å². The molecule has 124 valence electrons. The van der Waals surface area contributed by atoms with Gasteiger partial charge >= 0.3 is 0 Å². The van der Waals surface area contributed by atoms with Gasteiger partial charge in [0.25, 0.3) is 0 Å². The van der Waals surface area contributed by atoms with E-state index in [2.05, 4.69) is 27.7 Å². The van der Waals surface area contributed by atoms with Crippen molar-refractivity contribution >= 4 is 0 Å². The summed E-state index contributed by atoms with van der Waals surface area (Å²) < 4.78 is 0. The van der Waals surface area contributed by atoms with Crippen molar-refractivity contribution in [3.63, 3.8) is 0 Å². The summed E-state index contributed by atoms with van der Waals surface area (Å²) in [7, 11) is 0. The molecular weight excluding hydrogens is 264 g/mol. The first-order valence-electron chi connectivity index (χ1n) is 10.5. The molecule has 5 aliphatic rings. The van der Waals surface area contributed by atoms with Gasteiger partial charge in [0.2, 0.25) is 0 Å². The molecule has 0 aliphatic heterocycles.